The first kappa shape index (κ1) is 8.87. The van der Waals surface area contributed by atoms with Gasteiger partial charge in [0, 0.05) is 5.92 Å². The Morgan fingerprint density at radius 2 is 1.85 bits per heavy atom. The van der Waals surface area contributed by atoms with Crippen LogP contribution in [0.25, 0.3) is 0 Å². The fraction of sp³-hybridized carbons (Fsp3) is 0.300. The van der Waals surface area contributed by atoms with Gasteiger partial charge in [-0.2, -0.15) is 5.26 Å². The average molecular weight is 212 g/mol. The maximum atomic E-state index is 8.75. The van der Waals surface area contributed by atoms with Gasteiger partial charge in [-0.05, 0) is 5.56 Å². The van der Waals surface area contributed by atoms with E-state index in [1.54, 1.807) is 0 Å². The van der Waals surface area contributed by atoms with Gasteiger partial charge in [0.15, 0.2) is 0 Å². The lowest BCUT2D eigenvalue weighted by Gasteiger charge is -1.97. The number of halogens is 2. The highest BCUT2D eigenvalue weighted by Gasteiger charge is 2.64. The van der Waals surface area contributed by atoms with E-state index in [2.05, 4.69) is 6.07 Å². The first-order valence-electron chi connectivity index (χ1n) is 4.00. The third-order valence-electron chi connectivity index (χ3n) is 2.35. The number of nitrogens with zero attached hydrogens (tertiary/aromatic N) is 1. The van der Waals surface area contributed by atoms with Gasteiger partial charge >= 0.3 is 0 Å². The minimum absolute atomic E-state index is 0.0259. The normalized spacial score (nSPS) is 29.3. The summed E-state index contributed by atoms with van der Waals surface area (Å²) >= 11 is 11.9. The van der Waals surface area contributed by atoms with Crippen molar-refractivity contribution in [3.8, 4) is 6.07 Å². The summed E-state index contributed by atoms with van der Waals surface area (Å²) in [5.74, 6) is -0.291. The summed E-state index contributed by atoms with van der Waals surface area (Å²) in [5.41, 5.74) is 1.04. The highest BCUT2D eigenvalue weighted by Crippen LogP contribution is 2.64. The summed E-state index contributed by atoms with van der Waals surface area (Å²) in [6, 6.07) is 11.8. The average Bonchev–Trinajstić information content (AvgIpc) is 2.69. The number of nitriles is 1. The lowest BCUT2D eigenvalue weighted by atomic mass is 10.1. The molecule has 66 valence electrons. The van der Waals surface area contributed by atoms with E-state index in [0.717, 1.165) is 5.56 Å². The van der Waals surface area contributed by atoms with Gasteiger partial charge < -0.3 is 0 Å². The van der Waals surface area contributed by atoms with Crippen LogP contribution in [-0.2, 0) is 0 Å². The van der Waals surface area contributed by atoms with Crippen LogP contribution in [0.2, 0.25) is 0 Å². The van der Waals surface area contributed by atoms with Crippen LogP contribution in [0.3, 0.4) is 0 Å². The van der Waals surface area contributed by atoms with Crippen molar-refractivity contribution < 1.29 is 0 Å². The van der Waals surface area contributed by atoms with Crippen molar-refractivity contribution >= 4 is 23.2 Å². The summed E-state index contributed by atoms with van der Waals surface area (Å²) in [7, 11) is 0. The summed E-state index contributed by atoms with van der Waals surface area (Å²) in [6.07, 6.45) is 0. The molecule has 2 atom stereocenters. The molecular weight excluding hydrogens is 205 g/mol. The van der Waals surface area contributed by atoms with Gasteiger partial charge in [0.2, 0.25) is 0 Å². The van der Waals surface area contributed by atoms with E-state index in [1.165, 1.54) is 0 Å². The van der Waals surface area contributed by atoms with Crippen molar-refractivity contribution in [2.24, 2.45) is 5.92 Å². The molecule has 0 amide bonds. The molecule has 1 nitrogen and oxygen atoms in total. The molecule has 2 rings (SSSR count). The molecule has 0 spiro atoms. The summed E-state index contributed by atoms with van der Waals surface area (Å²) in [4.78, 5) is 0. The molecule has 0 aliphatic heterocycles. The van der Waals surface area contributed by atoms with Crippen LogP contribution in [0.1, 0.15) is 11.5 Å². The molecule has 1 aliphatic rings. The molecule has 1 aromatic rings. The van der Waals surface area contributed by atoms with E-state index in [1.807, 2.05) is 30.3 Å². The van der Waals surface area contributed by atoms with Gasteiger partial charge in [0.1, 0.15) is 4.33 Å². The van der Waals surface area contributed by atoms with Crippen LogP contribution in [0.4, 0.5) is 0 Å². The standard InChI is InChI=1S/C10H7Cl2N/c11-10(12)8(6-13)9(10)7-4-2-1-3-5-7/h1-5,8-9H/t8-,9-/m0/s1. The number of rotatable bonds is 1. The minimum Gasteiger partial charge on any atom is -0.198 e. The van der Waals surface area contributed by atoms with E-state index in [4.69, 9.17) is 28.5 Å². The highest BCUT2D eigenvalue weighted by atomic mass is 35.5. The second-order valence-electron chi connectivity index (χ2n) is 3.17. The van der Waals surface area contributed by atoms with Gasteiger partial charge in [0.25, 0.3) is 0 Å². The van der Waals surface area contributed by atoms with Gasteiger partial charge in [-0.25, -0.2) is 0 Å². The van der Waals surface area contributed by atoms with Crippen LogP contribution in [0, 0.1) is 17.2 Å². The molecule has 0 radical (unpaired) electrons. The minimum atomic E-state index is -0.879. The second kappa shape index (κ2) is 2.90. The third kappa shape index (κ3) is 1.31. The Morgan fingerprint density at radius 1 is 1.23 bits per heavy atom. The Bertz CT molecular complexity index is 353. The first-order chi connectivity index (χ1) is 6.18. The second-order valence-corrected chi connectivity index (χ2v) is 4.61. The summed E-state index contributed by atoms with van der Waals surface area (Å²) in [5, 5.41) is 8.75. The molecule has 0 saturated heterocycles. The number of hydrogen-bond donors (Lipinski definition) is 0. The summed E-state index contributed by atoms with van der Waals surface area (Å²) in [6.45, 7) is 0. The summed E-state index contributed by atoms with van der Waals surface area (Å²) < 4.78 is -0.879. The molecule has 0 N–H and O–H groups in total. The maximum absolute atomic E-state index is 8.75. The fourth-order valence-corrected chi connectivity index (χ4v) is 2.29. The van der Waals surface area contributed by atoms with E-state index >= 15 is 0 Å². The fourth-order valence-electron chi connectivity index (χ4n) is 1.56. The maximum Gasteiger partial charge on any atom is 0.142 e. The van der Waals surface area contributed by atoms with E-state index in [0.29, 0.717) is 0 Å². The van der Waals surface area contributed by atoms with Crippen molar-refractivity contribution in [3.05, 3.63) is 35.9 Å². The molecule has 3 heteroatoms. The molecule has 1 saturated carbocycles. The molecule has 0 bridgehead atoms. The van der Waals surface area contributed by atoms with Crippen LogP contribution < -0.4 is 0 Å². The topological polar surface area (TPSA) is 23.8 Å². The van der Waals surface area contributed by atoms with Crippen molar-refractivity contribution in [2.75, 3.05) is 0 Å². The molecule has 1 aliphatic carbocycles. The Hall–Kier alpha value is -0.710. The molecular formula is C10H7Cl2N. The Morgan fingerprint density at radius 3 is 2.31 bits per heavy atom. The molecule has 1 fully saturated rings. The van der Waals surface area contributed by atoms with Crippen molar-refractivity contribution in [2.45, 2.75) is 10.3 Å². The number of alkyl halides is 2. The first-order valence-corrected chi connectivity index (χ1v) is 4.76. The van der Waals surface area contributed by atoms with Crippen LogP contribution >= 0.6 is 23.2 Å². The Labute approximate surface area is 86.9 Å². The third-order valence-corrected chi connectivity index (χ3v) is 3.29. The monoisotopic (exact) mass is 211 g/mol. The predicted molar refractivity (Wildman–Crippen MR) is 52.7 cm³/mol. The van der Waals surface area contributed by atoms with Crippen LogP contribution in [-0.4, -0.2) is 4.33 Å². The number of hydrogen-bond acceptors (Lipinski definition) is 1. The molecule has 13 heavy (non-hydrogen) atoms. The van der Waals surface area contributed by atoms with E-state index < -0.39 is 4.33 Å². The highest BCUT2D eigenvalue weighted by molar-refractivity contribution is 6.52. The largest absolute Gasteiger partial charge is 0.198 e. The van der Waals surface area contributed by atoms with Gasteiger partial charge in [-0.15, -0.1) is 0 Å². The van der Waals surface area contributed by atoms with Crippen molar-refractivity contribution in [1.29, 1.82) is 5.26 Å². The Balaban J connectivity index is 2.28. The smallest absolute Gasteiger partial charge is 0.142 e. The predicted octanol–water partition coefficient (Wildman–Crippen LogP) is 3.10. The molecule has 0 unspecified atom stereocenters. The lowest BCUT2D eigenvalue weighted by molar-refractivity contribution is 1.02. The van der Waals surface area contributed by atoms with Crippen LogP contribution in [0.5, 0.6) is 0 Å². The van der Waals surface area contributed by atoms with E-state index in [9.17, 15) is 0 Å². The zero-order chi connectivity index (χ0) is 9.47. The molecule has 0 heterocycles. The lowest BCUT2D eigenvalue weighted by Crippen LogP contribution is -1.89. The van der Waals surface area contributed by atoms with Gasteiger partial charge in [-0.1, -0.05) is 53.5 Å². The van der Waals surface area contributed by atoms with Gasteiger partial charge in [0.05, 0.1) is 12.0 Å². The molecule has 0 aromatic heterocycles. The quantitative estimate of drug-likeness (QED) is 0.656. The van der Waals surface area contributed by atoms with E-state index in [-0.39, 0.29) is 11.8 Å². The zero-order valence-electron chi connectivity index (χ0n) is 6.74. The van der Waals surface area contributed by atoms with Gasteiger partial charge in [-0.3, -0.25) is 0 Å². The van der Waals surface area contributed by atoms with Crippen molar-refractivity contribution in [1.82, 2.24) is 0 Å². The SMILES string of the molecule is N#C[C@H]1[C@H](c2ccccc2)C1(Cl)Cl. The Kier molecular flexibility index (Phi) is 1.98. The van der Waals surface area contributed by atoms with Crippen LogP contribution in [0.15, 0.2) is 30.3 Å². The molecule has 1 aromatic carbocycles. The van der Waals surface area contributed by atoms with Crippen molar-refractivity contribution in [3.63, 3.8) is 0 Å². The zero-order valence-corrected chi connectivity index (χ0v) is 8.26. The number of benzene rings is 1.